The van der Waals surface area contributed by atoms with Crippen molar-refractivity contribution in [2.45, 2.75) is 13.1 Å². The van der Waals surface area contributed by atoms with Gasteiger partial charge in [0.2, 0.25) is 0 Å². The fourth-order valence-corrected chi connectivity index (χ4v) is 3.31. The van der Waals surface area contributed by atoms with Gasteiger partial charge < -0.3 is 14.7 Å². The number of aromatic hydroxyl groups is 1. The first-order valence-corrected chi connectivity index (χ1v) is 9.05. The molecule has 0 radical (unpaired) electrons. The zero-order valence-electron chi connectivity index (χ0n) is 14.8. The maximum absolute atomic E-state index is 12.7. The van der Waals surface area contributed by atoms with E-state index >= 15 is 0 Å². The number of carbonyl (C=O) groups is 2. The number of esters is 1. The SMILES string of the molecule is O=C(Oc1ccc(C(=O)N2Cc3ccc(Cl)cc3C2)cc1)c1ccc(O)cc1. The van der Waals surface area contributed by atoms with Gasteiger partial charge in [0.15, 0.2) is 0 Å². The number of hydrogen-bond acceptors (Lipinski definition) is 4. The molecule has 0 atom stereocenters. The summed E-state index contributed by atoms with van der Waals surface area (Å²) in [5.74, 6) is -0.216. The Labute approximate surface area is 166 Å². The van der Waals surface area contributed by atoms with E-state index in [1.54, 1.807) is 29.2 Å². The third-order valence-electron chi connectivity index (χ3n) is 4.59. The Balaban J connectivity index is 1.42. The number of rotatable bonds is 3. The highest BCUT2D eigenvalue weighted by Crippen LogP contribution is 2.27. The molecule has 1 heterocycles. The Bertz CT molecular complexity index is 1050. The van der Waals surface area contributed by atoms with Crippen LogP contribution in [-0.2, 0) is 13.1 Å². The molecular formula is C22H16ClNO4. The molecule has 1 aliphatic rings. The van der Waals surface area contributed by atoms with Gasteiger partial charge >= 0.3 is 5.97 Å². The molecule has 0 saturated heterocycles. The molecule has 0 fully saturated rings. The van der Waals surface area contributed by atoms with Crippen molar-refractivity contribution in [2.24, 2.45) is 0 Å². The minimum atomic E-state index is -0.536. The maximum Gasteiger partial charge on any atom is 0.343 e. The molecule has 0 bridgehead atoms. The quantitative estimate of drug-likeness (QED) is 0.528. The van der Waals surface area contributed by atoms with Crippen LogP contribution in [0.2, 0.25) is 5.02 Å². The molecule has 28 heavy (non-hydrogen) atoms. The van der Waals surface area contributed by atoms with Crippen LogP contribution in [0.3, 0.4) is 0 Å². The minimum absolute atomic E-state index is 0.0748. The van der Waals surface area contributed by atoms with Crippen LogP contribution in [0.5, 0.6) is 11.5 Å². The molecule has 0 unspecified atom stereocenters. The van der Waals surface area contributed by atoms with Crippen molar-refractivity contribution in [3.05, 3.63) is 94.0 Å². The van der Waals surface area contributed by atoms with Gasteiger partial charge in [0.25, 0.3) is 5.91 Å². The topological polar surface area (TPSA) is 66.8 Å². The zero-order valence-corrected chi connectivity index (χ0v) is 15.5. The van der Waals surface area contributed by atoms with Crippen LogP contribution in [0.15, 0.2) is 66.7 Å². The fourth-order valence-electron chi connectivity index (χ4n) is 3.12. The van der Waals surface area contributed by atoms with Gasteiger partial charge in [-0.1, -0.05) is 17.7 Å². The summed E-state index contributed by atoms with van der Waals surface area (Å²) >= 11 is 6.02. The van der Waals surface area contributed by atoms with Crippen molar-refractivity contribution in [3.63, 3.8) is 0 Å². The minimum Gasteiger partial charge on any atom is -0.508 e. The molecule has 3 aromatic rings. The molecule has 1 aliphatic heterocycles. The van der Waals surface area contributed by atoms with Gasteiger partial charge in [0, 0.05) is 23.7 Å². The summed E-state index contributed by atoms with van der Waals surface area (Å²) in [5, 5.41) is 9.94. The smallest absolute Gasteiger partial charge is 0.343 e. The van der Waals surface area contributed by atoms with E-state index in [1.165, 1.54) is 24.3 Å². The predicted molar refractivity (Wildman–Crippen MR) is 105 cm³/mol. The largest absolute Gasteiger partial charge is 0.508 e. The first-order chi connectivity index (χ1) is 13.5. The Morgan fingerprint density at radius 2 is 1.50 bits per heavy atom. The molecule has 0 aromatic heterocycles. The number of hydrogen-bond donors (Lipinski definition) is 1. The van der Waals surface area contributed by atoms with Gasteiger partial charge in [-0.05, 0) is 71.8 Å². The number of ether oxygens (including phenoxy) is 1. The molecule has 5 nitrogen and oxygen atoms in total. The van der Waals surface area contributed by atoms with E-state index in [0.29, 0.717) is 35.0 Å². The Hall–Kier alpha value is -3.31. The summed E-state index contributed by atoms with van der Waals surface area (Å²) < 4.78 is 5.30. The van der Waals surface area contributed by atoms with Gasteiger partial charge in [-0.15, -0.1) is 0 Å². The third kappa shape index (κ3) is 3.70. The van der Waals surface area contributed by atoms with E-state index in [4.69, 9.17) is 16.3 Å². The lowest BCUT2D eigenvalue weighted by molar-refractivity contribution is 0.0734. The van der Waals surface area contributed by atoms with E-state index < -0.39 is 5.97 Å². The molecule has 0 spiro atoms. The maximum atomic E-state index is 12.7. The van der Waals surface area contributed by atoms with E-state index in [1.807, 2.05) is 18.2 Å². The van der Waals surface area contributed by atoms with Gasteiger partial charge in [-0.25, -0.2) is 4.79 Å². The third-order valence-corrected chi connectivity index (χ3v) is 4.83. The number of carbonyl (C=O) groups excluding carboxylic acids is 2. The van der Waals surface area contributed by atoms with Crippen LogP contribution >= 0.6 is 11.6 Å². The lowest BCUT2D eigenvalue weighted by Gasteiger charge is -2.15. The monoisotopic (exact) mass is 393 g/mol. The number of amides is 1. The normalized spacial score (nSPS) is 12.5. The average molecular weight is 394 g/mol. The van der Waals surface area contributed by atoms with Crippen molar-refractivity contribution in [1.29, 1.82) is 0 Å². The lowest BCUT2D eigenvalue weighted by atomic mass is 10.1. The van der Waals surface area contributed by atoms with Gasteiger partial charge in [0.1, 0.15) is 11.5 Å². The number of benzene rings is 3. The number of nitrogens with zero attached hydrogens (tertiary/aromatic N) is 1. The van der Waals surface area contributed by atoms with Crippen molar-refractivity contribution in [1.82, 2.24) is 4.90 Å². The van der Waals surface area contributed by atoms with Crippen LogP contribution in [-0.4, -0.2) is 21.9 Å². The lowest BCUT2D eigenvalue weighted by Crippen LogP contribution is -2.25. The predicted octanol–water partition coefficient (Wildman–Crippen LogP) is 4.42. The fraction of sp³-hybridized carbons (Fsp3) is 0.0909. The van der Waals surface area contributed by atoms with Crippen molar-refractivity contribution >= 4 is 23.5 Å². The first kappa shape index (κ1) is 18.1. The summed E-state index contributed by atoms with van der Waals surface area (Å²) in [5.41, 5.74) is 2.99. The molecule has 0 saturated carbocycles. The second kappa shape index (κ2) is 7.37. The van der Waals surface area contributed by atoms with Gasteiger partial charge in [0.05, 0.1) is 5.56 Å². The summed E-state index contributed by atoms with van der Waals surface area (Å²) in [6, 6.07) is 17.9. The number of halogens is 1. The van der Waals surface area contributed by atoms with E-state index in [2.05, 4.69) is 0 Å². The number of phenols is 1. The van der Waals surface area contributed by atoms with E-state index in [-0.39, 0.29) is 11.7 Å². The van der Waals surface area contributed by atoms with Crippen molar-refractivity contribution < 1.29 is 19.4 Å². The van der Waals surface area contributed by atoms with Gasteiger partial charge in [-0.3, -0.25) is 4.79 Å². The van der Waals surface area contributed by atoms with E-state index in [0.717, 1.165) is 11.1 Å². The van der Waals surface area contributed by atoms with Crippen molar-refractivity contribution in [3.8, 4) is 11.5 Å². The Kier molecular flexibility index (Phi) is 4.75. The summed E-state index contributed by atoms with van der Waals surface area (Å²) in [4.78, 5) is 26.6. The second-order valence-corrected chi connectivity index (χ2v) is 6.97. The number of fused-ring (bicyclic) bond motifs is 1. The van der Waals surface area contributed by atoms with E-state index in [9.17, 15) is 14.7 Å². The standard InChI is InChI=1S/C22H16ClNO4/c23-18-6-1-16-12-24(13-17(16)11-18)21(26)14-4-9-20(10-5-14)28-22(27)15-2-7-19(25)8-3-15/h1-11,25H,12-13H2. The molecule has 1 amide bonds. The summed E-state index contributed by atoms with van der Waals surface area (Å²) in [7, 11) is 0. The molecule has 1 N–H and O–H groups in total. The Morgan fingerprint density at radius 1 is 0.857 bits per heavy atom. The van der Waals surface area contributed by atoms with Crippen molar-refractivity contribution in [2.75, 3.05) is 0 Å². The zero-order chi connectivity index (χ0) is 19.7. The summed E-state index contributed by atoms with van der Waals surface area (Å²) in [6.45, 7) is 1.06. The molecular weight excluding hydrogens is 378 g/mol. The number of phenolic OH excluding ortho intramolecular Hbond substituents is 1. The highest BCUT2D eigenvalue weighted by Gasteiger charge is 2.24. The molecule has 3 aromatic carbocycles. The van der Waals surface area contributed by atoms with Crippen LogP contribution < -0.4 is 4.74 Å². The van der Waals surface area contributed by atoms with Crippen LogP contribution in [0.4, 0.5) is 0 Å². The van der Waals surface area contributed by atoms with Gasteiger partial charge in [-0.2, -0.15) is 0 Å². The molecule has 6 heteroatoms. The Morgan fingerprint density at radius 3 is 2.21 bits per heavy atom. The first-order valence-electron chi connectivity index (χ1n) is 8.67. The summed E-state index contributed by atoms with van der Waals surface area (Å²) in [6.07, 6.45) is 0. The highest BCUT2D eigenvalue weighted by atomic mass is 35.5. The van der Waals surface area contributed by atoms with Crippen LogP contribution in [0.25, 0.3) is 0 Å². The average Bonchev–Trinajstić information content (AvgIpc) is 3.11. The molecule has 140 valence electrons. The van der Waals surface area contributed by atoms with Crippen LogP contribution in [0.1, 0.15) is 31.8 Å². The van der Waals surface area contributed by atoms with Crippen LogP contribution in [0, 0.1) is 0 Å². The highest BCUT2D eigenvalue weighted by molar-refractivity contribution is 6.30. The molecule has 0 aliphatic carbocycles. The second-order valence-electron chi connectivity index (χ2n) is 6.54. The molecule has 4 rings (SSSR count).